The normalized spacial score (nSPS) is 13.4. The molecule has 6 aromatic rings. The number of hydrogen-bond acceptors (Lipinski definition) is 9. The molecule has 0 aliphatic carbocycles. The van der Waals surface area contributed by atoms with Gasteiger partial charge in [0.1, 0.15) is 4.90 Å². The molecule has 0 unspecified atom stereocenters. The lowest BCUT2D eigenvalue weighted by Crippen LogP contribution is -2.46. The number of piperazine rings is 1. The molecule has 8 nitrogen and oxygen atoms in total. The molecule has 0 atom stereocenters. The fourth-order valence-electron chi connectivity index (χ4n) is 6.75. The molecule has 0 amide bonds. The van der Waals surface area contributed by atoms with Gasteiger partial charge in [0.2, 0.25) is 0 Å². The summed E-state index contributed by atoms with van der Waals surface area (Å²) in [5.74, 6) is 0. The Balaban J connectivity index is 1.01. The first-order chi connectivity index (χ1) is 27.3. The Morgan fingerprint density at radius 2 is 1.37 bits per heavy atom. The van der Waals surface area contributed by atoms with Gasteiger partial charge in [-0.15, -0.1) is 0 Å². The number of alkyl halides is 3. The number of nitrogens with zero attached hydrogens (tertiary/aromatic N) is 3. The topological polar surface area (TPSA) is 86.7 Å². The molecule has 0 saturated carbocycles. The minimum Gasteiger partial charge on any atom is -0.368 e. The Morgan fingerprint density at radius 1 is 0.719 bits per heavy atom. The van der Waals surface area contributed by atoms with Crippen molar-refractivity contribution in [2.45, 2.75) is 27.1 Å². The van der Waals surface area contributed by atoms with Gasteiger partial charge in [0, 0.05) is 81.9 Å². The van der Waals surface area contributed by atoms with Gasteiger partial charge in [-0.05, 0) is 121 Å². The summed E-state index contributed by atoms with van der Waals surface area (Å²) < 4.78 is 74.1. The second-order valence-corrected chi connectivity index (χ2v) is 17.4. The van der Waals surface area contributed by atoms with Gasteiger partial charge in [-0.3, -0.25) is 4.79 Å². The summed E-state index contributed by atoms with van der Waals surface area (Å²) in [6, 6.07) is 36.4. The van der Waals surface area contributed by atoms with Crippen LogP contribution in [-0.4, -0.2) is 51.0 Å². The van der Waals surface area contributed by atoms with E-state index in [1.807, 2.05) is 74.6 Å². The van der Waals surface area contributed by atoms with Crippen LogP contribution in [0.15, 0.2) is 136 Å². The number of nitrogens with one attached hydrogen (secondary N) is 2. The summed E-state index contributed by atoms with van der Waals surface area (Å²) in [4.78, 5) is 17.2. The maximum atomic E-state index is 13.7. The molecule has 15 heteroatoms. The molecule has 294 valence electrons. The lowest BCUT2D eigenvalue weighted by atomic mass is 9.97. The molecule has 0 spiro atoms. The van der Waals surface area contributed by atoms with Crippen LogP contribution in [-0.2, 0) is 16.9 Å². The predicted molar refractivity (Wildman–Crippen MR) is 227 cm³/mol. The van der Waals surface area contributed by atoms with Crippen LogP contribution >= 0.6 is 35.5 Å². The Bertz CT molecular complexity index is 2490. The third-order valence-corrected chi connectivity index (χ3v) is 13.3. The lowest BCUT2D eigenvalue weighted by molar-refractivity contribution is -0.0435. The fraction of sp³-hybridized carbons (Fsp3) is 0.167. The van der Waals surface area contributed by atoms with Crippen molar-refractivity contribution in [1.29, 1.82) is 0 Å². The highest BCUT2D eigenvalue weighted by Crippen LogP contribution is 2.41. The largest absolute Gasteiger partial charge is 0.501 e. The molecule has 0 radical (unpaired) electrons. The van der Waals surface area contributed by atoms with Crippen LogP contribution in [0.25, 0.3) is 22.4 Å². The van der Waals surface area contributed by atoms with E-state index in [1.165, 1.54) is 6.07 Å². The maximum absolute atomic E-state index is 13.7. The van der Waals surface area contributed by atoms with Crippen LogP contribution in [0, 0.1) is 6.92 Å². The molecule has 2 heterocycles. The minimum atomic E-state index is -5.63. The van der Waals surface area contributed by atoms with Gasteiger partial charge in [0.05, 0.1) is 11.4 Å². The standard InChI is InChI=1S/C42H37ClF3N5O3S3/c1-28-37(27-52)40(41(49(28)2)29-11-13-31(43)14-12-29)30-7-6-8-34(25-30)51-23-21-50(22-24-51)33-17-15-32(16-18-33)47-56-36-19-20-38(48-55-35-9-4-3-5-10-35)39(26-36)57(53,54)42(44,45)46/h3-20,25-27,47-48H,21-24H2,1-2H3. The van der Waals surface area contributed by atoms with Crippen LogP contribution < -0.4 is 19.2 Å². The fourth-order valence-corrected chi connectivity index (χ4v) is 9.33. The number of aromatic nitrogens is 1. The number of aldehydes is 1. The molecule has 57 heavy (non-hydrogen) atoms. The van der Waals surface area contributed by atoms with Crippen LogP contribution in [0.1, 0.15) is 16.1 Å². The van der Waals surface area contributed by atoms with E-state index in [9.17, 15) is 26.4 Å². The summed E-state index contributed by atoms with van der Waals surface area (Å²) >= 11 is 8.22. The van der Waals surface area contributed by atoms with E-state index in [0.29, 0.717) is 26.1 Å². The summed E-state index contributed by atoms with van der Waals surface area (Å²) in [7, 11) is -3.66. The van der Waals surface area contributed by atoms with E-state index in [4.69, 9.17) is 11.6 Å². The van der Waals surface area contributed by atoms with Gasteiger partial charge >= 0.3 is 5.51 Å². The predicted octanol–water partition coefficient (Wildman–Crippen LogP) is 11.0. The van der Waals surface area contributed by atoms with E-state index < -0.39 is 20.2 Å². The Morgan fingerprint density at radius 3 is 2.02 bits per heavy atom. The highest BCUT2D eigenvalue weighted by Gasteiger charge is 2.48. The van der Waals surface area contributed by atoms with Gasteiger partial charge in [-0.1, -0.05) is 54.1 Å². The molecule has 7 rings (SSSR count). The van der Waals surface area contributed by atoms with Gasteiger partial charge in [-0.2, -0.15) is 13.2 Å². The number of carbonyl (C=O) groups excluding carboxylic acids is 1. The van der Waals surface area contributed by atoms with Crippen LogP contribution in [0.2, 0.25) is 5.02 Å². The SMILES string of the molecule is Cc1c(C=O)c(-c2cccc(N3CCN(c4ccc(NSc5ccc(NSc6ccccc6)c(S(=O)(=O)C(F)(F)F)c5)cc4)CC3)c2)c(-c2ccc(Cl)cc2)n1C. The number of carbonyl (C=O) groups is 1. The van der Waals surface area contributed by atoms with Crippen molar-refractivity contribution in [2.75, 3.05) is 45.4 Å². The first-order valence-electron chi connectivity index (χ1n) is 17.8. The van der Waals surface area contributed by atoms with Crippen molar-refractivity contribution in [1.82, 2.24) is 4.57 Å². The van der Waals surface area contributed by atoms with E-state index >= 15 is 0 Å². The van der Waals surface area contributed by atoms with Crippen LogP contribution in [0.3, 0.4) is 0 Å². The van der Waals surface area contributed by atoms with Crippen molar-refractivity contribution in [3.05, 3.63) is 138 Å². The number of sulfone groups is 1. The zero-order valence-electron chi connectivity index (χ0n) is 30.8. The van der Waals surface area contributed by atoms with Crippen LogP contribution in [0.5, 0.6) is 0 Å². The van der Waals surface area contributed by atoms with E-state index in [1.54, 1.807) is 36.4 Å². The summed E-state index contributed by atoms with van der Waals surface area (Å²) in [6.45, 7) is 5.04. The van der Waals surface area contributed by atoms with Gasteiger partial charge in [-0.25, -0.2) is 8.42 Å². The number of rotatable bonds is 12. The first kappa shape index (κ1) is 40.2. The smallest absolute Gasteiger partial charge is 0.368 e. The van der Waals surface area contributed by atoms with E-state index in [-0.39, 0.29) is 5.69 Å². The summed E-state index contributed by atoms with van der Waals surface area (Å²) in [5.41, 5.74) is 2.46. The van der Waals surface area contributed by atoms with E-state index in [0.717, 1.165) is 102 Å². The Labute approximate surface area is 343 Å². The minimum absolute atomic E-state index is 0.163. The zero-order valence-corrected chi connectivity index (χ0v) is 34.0. The molecule has 1 fully saturated rings. The number of halogens is 4. The second kappa shape index (κ2) is 16.8. The Hall–Kier alpha value is -5.02. The second-order valence-electron chi connectivity index (χ2n) is 13.3. The number of hydrogen-bond donors (Lipinski definition) is 2. The Kier molecular flexibility index (Phi) is 11.9. The molecule has 1 saturated heterocycles. The quantitative estimate of drug-likeness (QED) is 0.0923. The molecular formula is C42H37ClF3N5O3S3. The third-order valence-electron chi connectivity index (χ3n) is 9.84. The van der Waals surface area contributed by atoms with Crippen molar-refractivity contribution in [2.24, 2.45) is 7.05 Å². The summed E-state index contributed by atoms with van der Waals surface area (Å²) in [5, 5.41) is 0.643. The zero-order chi connectivity index (χ0) is 40.3. The van der Waals surface area contributed by atoms with Crippen LogP contribution in [0.4, 0.5) is 35.9 Å². The number of anilines is 4. The van der Waals surface area contributed by atoms with Gasteiger partial charge < -0.3 is 23.8 Å². The maximum Gasteiger partial charge on any atom is 0.501 e. The van der Waals surface area contributed by atoms with E-state index in [2.05, 4.69) is 35.9 Å². The van der Waals surface area contributed by atoms with Gasteiger partial charge in [0.25, 0.3) is 9.84 Å². The highest BCUT2D eigenvalue weighted by molar-refractivity contribution is 8.01. The molecule has 1 aromatic heterocycles. The average molecular weight is 848 g/mol. The first-order valence-corrected chi connectivity index (χ1v) is 21.3. The molecule has 1 aliphatic rings. The molecule has 0 bridgehead atoms. The molecule has 2 N–H and O–H groups in total. The van der Waals surface area contributed by atoms with Crippen molar-refractivity contribution in [3.63, 3.8) is 0 Å². The highest BCUT2D eigenvalue weighted by atomic mass is 35.5. The summed E-state index contributed by atoms with van der Waals surface area (Å²) in [6.07, 6.45) is 0.929. The average Bonchev–Trinajstić information content (AvgIpc) is 3.48. The molecule has 1 aliphatic heterocycles. The van der Waals surface area contributed by atoms with Crippen molar-refractivity contribution in [3.8, 4) is 22.4 Å². The number of benzene rings is 5. The van der Waals surface area contributed by atoms with Gasteiger partial charge in [0.15, 0.2) is 6.29 Å². The molecular weight excluding hydrogens is 811 g/mol. The monoisotopic (exact) mass is 847 g/mol. The third kappa shape index (κ3) is 8.64. The lowest BCUT2D eigenvalue weighted by Gasteiger charge is -2.37. The molecule has 5 aromatic carbocycles. The van der Waals surface area contributed by atoms with Crippen molar-refractivity contribution < 1.29 is 26.4 Å². The van der Waals surface area contributed by atoms with Crippen molar-refractivity contribution >= 4 is 74.4 Å².